The Kier molecular flexibility index (Phi) is 2.45. The molecule has 0 unspecified atom stereocenters. The van der Waals surface area contributed by atoms with Crippen LogP contribution in [-0.4, -0.2) is 11.6 Å². The highest BCUT2D eigenvalue weighted by atomic mass is 16.4. The van der Waals surface area contributed by atoms with Gasteiger partial charge in [0.2, 0.25) is 0 Å². The monoisotopic (exact) mass is 290 g/mol. The number of fused-ring (bicyclic) bond motifs is 5. The van der Waals surface area contributed by atoms with E-state index in [-0.39, 0.29) is 28.1 Å². The molecule has 4 nitrogen and oxygen atoms in total. The van der Waals surface area contributed by atoms with Crippen molar-refractivity contribution < 1.29 is 14.0 Å². The summed E-state index contributed by atoms with van der Waals surface area (Å²) >= 11 is 0. The summed E-state index contributed by atoms with van der Waals surface area (Å²) in [4.78, 5) is 36.5. The van der Waals surface area contributed by atoms with Crippen molar-refractivity contribution in [1.29, 1.82) is 0 Å². The van der Waals surface area contributed by atoms with E-state index in [1.54, 1.807) is 18.2 Å². The van der Waals surface area contributed by atoms with Crippen molar-refractivity contribution in [2.75, 3.05) is 0 Å². The molecule has 4 rings (SSSR count). The van der Waals surface area contributed by atoms with Crippen molar-refractivity contribution >= 4 is 33.3 Å². The number of hydrogen-bond donors (Lipinski definition) is 0. The van der Waals surface area contributed by atoms with Gasteiger partial charge in [-0.2, -0.15) is 0 Å². The van der Waals surface area contributed by atoms with Crippen LogP contribution in [0.25, 0.3) is 21.7 Å². The SMILES string of the molecule is Cc1ccc2c(c1)oc(=O)c1c3c(ccc12)C(=O)C=CC3=O. The highest BCUT2D eigenvalue weighted by molar-refractivity contribution is 6.28. The molecule has 1 aliphatic rings. The van der Waals surface area contributed by atoms with Gasteiger partial charge in [-0.25, -0.2) is 4.79 Å². The minimum absolute atomic E-state index is 0.140. The molecule has 1 heterocycles. The van der Waals surface area contributed by atoms with Gasteiger partial charge in [-0.1, -0.05) is 18.2 Å². The molecular weight excluding hydrogens is 280 g/mol. The van der Waals surface area contributed by atoms with Crippen LogP contribution in [0.5, 0.6) is 0 Å². The predicted molar refractivity (Wildman–Crippen MR) is 82.5 cm³/mol. The fraction of sp³-hybridized carbons (Fsp3) is 0.0556. The lowest BCUT2D eigenvalue weighted by molar-refractivity contribution is 0.0995. The van der Waals surface area contributed by atoms with E-state index < -0.39 is 5.63 Å². The lowest BCUT2D eigenvalue weighted by atomic mass is 9.90. The second-order valence-corrected chi connectivity index (χ2v) is 5.36. The van der Waals surface area contributed by atoms with E-state index in [4.69, 9.17) is 4.42 Å². The summed E-state index contributed by atoms with van der Waals surface area (Å²) in [5.41, 5.74) is 1.24. The molecule has 0 spiro atoms. The van der Waals surface area contributed by atoms with Crippen molar-refractivity contribution in [1.82, 2.24) is 0 Å². The Morgan fingerprint density at radius 2 is 1.59 bits per heavy atom. The number of carbonyl (C=O) groups excluding carboxylic acids is 2. The standard InChI is InChI=1S/C18H10O4/c1-9-2-3-10-11-4-5-12-13(19)6-7-14(20)16(12)17(11)18(21)22-15(10)8-9/h2-8H,1H3. The number of hydrogen-bond acceptors (Lipinski definition) is 4. The lowest BCUT2D eigenvalue weighted by Gasteiger charge is -2.12. The zero-order valence-electron chi connectivity index (χ0n) is 11.7. The van der Waals surface area contributed by atoms with Gasteiger partial charge in [-0.15, -0.1) is 0 Å². The molecule has 106 valence electrons. The molecule has 4 heteroatoms. The van der Waals surface area contributed by atoms with Crippen LogP contribution >= 0.6 is 0 Å². The first-order valence-corrected chi connectivity index (χ1v) is 6.83. The van der Waals surface area contributed by atoms with Crippen LogP contribution in [0.15, 0.2) is 51.7 Å². The van der Waals surface area contributed by atoms with Crippen LogP contribution in [-0.2, 0) is 0 Å². The Morgan fingerprint density at radius 3 is 2.41 bits per heavy atom. The molecule has 22 heavy (non-hydrogen) atoms. The maximum absolute atomic E-state index is 12.4. The predicted octanol–water partition coefficient (Wildman–Crippen LogP) is 3.19. The van der Waals surface area contributed by atoms with Crippen molar-refractivity contribution in [3.05, 3.63) is 69.6 Å². The molecule has 1 aliphatic carbocycles. The summed E-state index contributed by atoms with van der Waals surface area (Å²) < 4.78 is 5.36. The smallest absolute Gasteiger partial charge is 0.344 e. The van der Waals surface area contributed by atoms with E-state index in [1.165, 1.54) is 12.2 Å². The molecule has 0 aliphatic heterocycles. The average molecular weight is 290 g/mol. The van der Waals surface area contributed by atoms with Crippen LogP contribution in [0, 0.1) is 6.92 Å². The Bertz CT molecular complexity index is 1080. The normalized spacial score (nSPS) is 13.9. The minimum Gasteiger partial charge on any atom is -0.422 e. The molecule has 2 aromatic carbocycles. The summed E-state index contributed by atoms with van der Waals surface area (Å²) in [7, 11) is 0. The molecule has 0 saturated carbocycles. The van der Waals surface area contributed by atoms with Gasteiger partial charge in [-0.3, -0.25) is 9.59 Å². The molecule has 0 radical (unpaired) electrons. The Hall–Kier alpha value is -3.01. The average Bonchev–Trinajstić information content (AvgIpc) is 2.50. The molecule has 0 N–H and O–H groups in total. The van der Waals surface area contributed by atoms with Gasteiger partial charge in [-0.05, 0) is 36.8 Å². The number of carbonyl (C=O) groups is 2. The zero-order valence-corrected chi connectivity index (χ0v) is 11.7. The fourth-order valence-electron chi connectivity index (χ4n) is 2.91. The van der Waals surface area contributed by atoms with E-state index >= 15 is 0 Å². The van der Waals surface area contributed by atoms with Gasteiger partial charge in [0.15, 0.2) is 11.6 Å². The molecule has 0 saturated heterocycles. The van der Waals surface area contributed by atoms with Gasteiger partial charge in [0, 0.05) is 21.9 Å². The van der Waals surface area contributed by atoms with Crippen LogP contribution in [0.1, 0.15) is 26.3 Å². The largest absolute Gasteiger partial charge is 0.422 e. The first kappa shape index (κ1) is 12.7. The van der Waals surface area contributed by atoms with E-state index in [0.29, 0.717) is 11.0 Å². The first-order valence-electron chi connectivity index (χ1n) is 6.83. The van der Waals surface area contributed by atoms with E-state index in [2.05, 4.69) is 0 Å². The Labute approximate surface area is 124 Å². The van der Waals surface area contributed by atoms with Crippen LogP contribution in [0.3, 0.4) is 0 Å². The highest BCUT2D eigenvalue weighted by Crippen LogP contribution is 2.29. The second-order valence-electron chi connectivity index (χ2n) is 5.36. The Morgan fingerprint density at radius 1 is 0.864 bits per heavy atom. The number of allylic oxidation sites excluding steroid dienone is 2. The van der Waals surface area contributed by atoms with E-state index in [1.807, 2.05) is 19.1 Å². The molecular formula is C18H10O4. The molecule has 3 aromatic rings. The second kappa shape index (κ2) is 4.24. The summed E-state index contributed by atoms with van der Waals surface area (Å²) in [6, 6.07) is 8.84. The van der Waals surface area contributed by atoms with Crippen LogP contribution in [0.2, 0.25) is 0 Å². The van der Waals surface area contributed by atoms with E-state index in [9.17, 15) is 14.4 Å². The van der Waals surface area contributed by atoms with Gasteiger partial charge in [0.05, 0.1) is 5.39 Å². The summed E-state index contributed by atoms with van der Waals surface area (Å²) in [6.07, 6.45) is 2.42. The first-order chi connectivity index (χ1) is 10.6. The third kappa shape index (κ3) is 1.61. The summed E-state index contributed by atoms with van der Waals surface area (Å²) in [5, 5.41) is 1.55. The van der Waals surface area contributed by atoms with Gasteiger partial charge >= 0.3 is 5.63 Å². The third-order valence-corrected chi connectivity index (χ3v) is 3.94. The fourth-order valence-corrected chi connectivity index (χ4v) is 2.91. The van der Waals surface area contributed by atoms with E-state index in [0.717, 1.165) is 10.9 Å². The van der Waals surface area contributed by atoms with Crippen molar-refractivity contribution in [3.8, 4) is 0 Å². The molecule has 0 fully saturated rings. The van der Waals surface area contributed by atoms with Crippen molar-refractivity contribution in [2.45, 2.75) is 6.92 Å². The highest BCUT2D eigenvalue weighted by Gasteiger charge is 2.24. The van der Waals surface area contributed by atoms with Crippen LogP contribution in [0.4, 0.5) is 0 Å². The lowest BCUT2D eigenvalue weighted by Crippen LogP contribution is -2.16. The summed E-state index contributed by atoms with van der Waals surface area (Å²) in [6.45, 7) is 1.91. The number of aryl methyl sites for hydroxylation is 1. The number of rotatable bonds is 0. The molecule has 0 atom stereocenters. The molecule has 0 bridgehead atoms. The maximum atomic E-state index is 12.4. The van der Waals surface area contributed by atoms with Gasteiger partial charge in [0.1, 0.15) is 5.58 Å². The van der Waals surface area contributed by atoms with Crippen molar-refractivity contribution in [2.24, 2.45) is 0 Å². The maximum Gasteiger partial charge on any atom is 0.344 e. The minimum atomic E-state index is -0.596. The number of benzene rings is 2. The van der Waals surface area contributed by atoms with Gasteiger partial charge < -0.3 is 4.42 Å². The van der Waals surface area contributed by atoms with Crippen LogP contribution < -0.4 is 5.63 Å². The third-order valence-electron chi connectivity index (χ3n) is 3.94. The topological polar surface area (TPSA) is 64.3 Å². The molecule has 0 amide bonds. The van der Waals surface area contributed by atoms with Gasteiger partial charge in [0.25, 0.3) is 0 Å². The summed E-state index contributed by atoms with van der Waals surface area (Å²) in [5.74, 6) is -0.626. The number of ketones is 2. The Balaban J connectivity index is 2.27. The quantitative estimate of drug-likeness (QED) is 0.471. The van der Waals surface area contributed by atoms with Crippen molar-refractivity contribution in [3.63, 3.8) is 0 Å². The zero-order chi connectivity index (χ0) is 15.4. The molecule has 1 aromatic heterocycles.